The third-order valence-corrected chi connectivity index (χ3v) is 1.72. The van der Waals surface area contributed by atoms with E-state index in [9.17, 15) is 4.79 Å². The molecule has 0 amide bonds. The van der Waals surface area contributed by atoms with Crippen molar-refractivity contribution in [3.63, 3.8) is 0 Å². The van der Waals surface area contributed by atoms with Crippen LogP contribution in [0, 0.1) is 0 Å². The second kappa shape index (κ2) is 6.01. The highest BCUT2D eigenvalue weighted by molar-refractivity contribution is 5.68. The first-order chi connectivity index (χ1) is 6.83. The maximum atomic E-state index is 10.7. The summed E-state index contributed by atoms with van der Waals surface area (Å²) >= 11 is 0. The molecule has 0 fully saturated rings. The SMILES string of the molecule is COC(=O)CCCCOn1ccnc1. The number of hydrogen-bond acceptors (Lipinski definition) is 4. The van der Waals surface area contributed by atoms with Crippen molar-refractivity contribution in [2.45, 2.75) is 19.3 Å². The van der Waals surface area contributed by atoms with Gasteiger partial charge in [0.15, 0.2) is 0 Å². The number of carbonyl (C=O) groups is 1. The lowest BCUT2D eigenvalue weighted by atomic mass is 10.2. The van der Waals surface area contributed by atoms with Gasteiger partial charge >= 0.3 is 5.97 Å². The number of aromatic nitrogens is 2. The minimum atomic E-state index is -0.173. The topological polar surface area (TPSA) is 53.4 Å². The summed E-state index contributed by atoms with van der Waals surface area (Å²) in [6, 6.07) is 0. The van der Waals surface area contributed by atoms with E-state index < -0.39 is 0 Å². The summed E-state index contributed by atoms with van der Waals surface area (Å²) in [6.45, 7) is 0.577. The zero-order chi connectivity index (χ0) is 10.2. The van der Waals surface area contributed by atoms with E-state index in [0.29, 0.717) is 13.0 Å². The van der Waals surface area contributed by atoms with E-state index in [2.05, 4.69) is 9.72 Å². The molecule has 1 aromatic heterocycles. The lowest BCUT2D eigenvalue weighted by Crippen LogP contribution is -2.11. The van der Waals surface area contributed by atoms with Crippen molar-refractivity contribution >= 4 is 5.97 Å². The Bertz CT molecular complexity index is 259. The normalized spacial score (nSPS) is 9.79. The Morgan fingerprint density at radius 3 is 3.00 bits per heavy atom. The highest BCUT2D eigenvalue weighted by Crippen LogP contribution is 1.96. The summed E-state index contributed by atoms with van der Waals surface area (Å²) in [5.41, 5.74) is 0. The van der Waals surface area contributed by atoms with Crippen molar-refractivity contribution in [2.24, 2.45) is 0 Å². The molecule has 0 spiro atoms. The van der Waals surface area contributed by atoms with E-state index in [1.165, 1.54) is 11.8 Å². The van der Waals surface area contributed by atoms with Gasteiger partial charge in [-0.05, 0) is 12.8 Å². The summed E-state index contributed by atoms with van der Waals surface area (Å²) in [5, 5.41) is 0. The molecule has 1 aromatic rings. The van der Waals surface area contributed by atoms with Crippen molar-refractivity contribution in [1.29, 1.82) is 0 Å². The molecule has 1 heterocycles. The van der Waals surface area contributed by atoms with Crippen LogP contribution in [0.4, 0.5) is 0 Å². The Labute approximate surface area is 82.6 Å². The molecule has 0 N–H and O–H groups in total. The number of rotatable bonds is 6. The van der Waals surface area contributed by atoms with Crippen LogP contribution in [-0.2, 0) is 9.53 Å². The molecule has 0 saturated carbocycles. The molecule has 0 aliphatic heterocycles. The third kappa shape index (κ3) is 3.93. The van der Waals surface area contributed by atoms with Crippen LogP contribution in [0.1, 0.15) is 19.3 Å². The van der Waals surface area contributed by atoms with Gasteiger partial charge in [0.05, 0.1) is 13.3 Å². The van der Waals surface area contributed by atoms with Crippen molar-refractivity contribution in [3.05, 3.63) is 18.7 Å². The fraction of sp³-hybridized carbons (Fsp3) is 0.556. The molecular weight excluding hydrogens is 184 g/mol. The lowest BCUT2D eigenvalue weighted by Gasteiger charge is -2.04. The smallest absolute Gasteiger partial charge is 0.305 e. The Balaban J connectivity index is 1.97. The van der Waals surface area contributed by atoms with Gasteiger partial charge in [-0.1, -0.05) is 0 Å². The number of methoxy groups -OCH3 is 1. The molecular formula is C9H14N2O3. The van der Waals surface area contributed by atoms with Crippen molar-refractivity contribution < 1.29 is 14.4 Å². The number of esters is 1. The third-order valence-electron chi connectivity index (χ3n) is 1.72. The van der Waals surface area contributed by atoms with E-state index in [1.807, 2.05) is 0 Å². The van der Waals surface area contributed by atoms with E-state index >= 15 is 0 Å². The van der Waals surface area contributed by atoms with Crippen LogP contribution in [0.2, 0.25) is 0 Å². The molecule has 78 valence electrons. The average Bonchev–Trinajstić information content (AvgIpc) is 2.69. The number of ether oxygens (including phenoxy) is 1. The monoisotopic (exact) mass is 198 g/mol. The number of unbranched alkanes of at least 4 members (excludes halogenated alkanes) is 1. The lowest BCUT2D eigenvalue weighted by molar-refractivity contribution is -0.140. The minimum absolute atomic E-state index is 0.173. The van der Waals surface area contributed by atoms with E-state index in [0.717, 1.165) is 12.8 Å². The molecule has 1 rings (SSSR count). The number of nitrogens with zero attached hydrogens (tertiary/aromatic N) is 2. The largest absolute Gasteiger partial charge is 0.469 e. The standard InChI is InChI=1S/C9H14N2O3/c1-13-9(12)4-2-3-7-14-11-6-5-10-8-11/h5-6,8H,2-4,7H2,1H3. The molecule has 14 heavy (non-hydrogen) atoms. The number of carbonyl (C=O) groups excluding carboxylic acids is 1. The summed E-state index contributed by atoms with van der Waals surface area (Å²) < 4.78 is 6.05. The second-order valence-corrected chi connectivity index (χ2v) is 2.79. The Morgan fingerprint density at radius 2 is 2.36 bits per heavy atom. The minimum Gasteiger partial charge on any atom is -0.469 e. The van der Waals surface area contributed by atoms with Gasteiger partial charge in [-0.25, -0.2) is 4.98 Å². The molecule has 0 aromatic carbocycles. The fourth-order valence-corrected chi connectivity index (χ4v) is 0.967. The summed E-state index contributed by atoms with van der Waals surface area (Å²) in [4.78, 5) is 19.8. The van der Waals surface area contributed by atoms with Crippen LogP contribution in [0.25, 0.3) is 0 Å². The number of imidazole rings is 1. The quantitative estimate of drug-likeness (QED) is 0.497. The van der Waals surface area contributed by atoms with Crippen molar-refractivity contribution in [3.8, 4) is 0 Å². The van der Waals surface area contributed by atoms with Crippen LogP contribution >= 0.6 is 0 Å². The first-order valence-corrected chi connectivity index (χ1v) is 4.51. The second-order valence-electron chi connectivity index (χ2n) is 2.79. The predicted octanol–water partition coefficient (Wildman–Crippen LogP) is 0.655. The first kappa shape index (κ1) is 10.6. The van der Waals surface area contributed by atoms with Gasteiger partial charge < -0.3 is 9.57 Å². The predicted molar refractivity (Wildman–Crippen MR) is 49.5 cm³/mol. The van der Waals surface area contributed by atoms with Gasteiger partial charge in [-0.15, -0.1) is 0 Å². The summed E-state index contributed by atoms with van der Waals surface area (Å²) in [6.07, 6.45) is 7.01. The van der Waals surface area contributed by atoms with E-state index in [4.69, 9.17) is 4.84 Å². The first-order valence-electron chi connectivity index (χ1n) is 4.51. The molecule has 0 unspecified atom stereocenters. The van der Waals surface area contributed by atoms with Gasteiger partial charge in [-0.3, -0.25) is 4.79 Å². The molecule has 0 aliphatic carbocycles. The average molecular weight is 198 g/mol. The van der Waals surface area contributed by atoms with Gasteiger partial charge in [0, 0.05) is 12.6 Å². The molecule has 0 saturated heterocycles. The van der Waals surface area contributed by atoms with Crippen molar-refractivity contribution in [1.82, 2.24) is 9.71 Å². The maximum Gasteiger partial charge on any atom is 0.305 e. The van der Waals surface area contributed by atoms with Crippen LogP contribution in [-0.4, -0.2) is 29.4 Å². The molecule has 0 atom stereocenters. The molecule has 0 bridgehead atoms. The van der Waals surface area contributed by atoms with Crippen LogP contribution in [0.3, 0.4) is 0 Å². The Morgan fingerprint density at radius 1 is 1.50 bits per heavy atom. The number of hydrogen-bond donors (Lipinski definition) is 0. The zero-order valence-electron chi connectivity index (χ0n) is 8.18. The van der Waals surface area contributed by atoms with Gasteiger partial charge in [0.25, 0.3) is 0 Å². The van der Waals surface area contributed by atoms with Gasteiger partial charge in [0.1, 0.15) is 12.9 Å². The van der Waals surface area contributed by atoms with Crippen molar-refractivity contribution in [2.75, 3.05) is 13.7 Å². The fourth-order valence-electron chi connectivity index (χ4n) is 0.967. The van der Waals surface area contributed by atoms with Crippen LogP contribution < -0.4 is 4.84 Å². The Hall–Kier alpha value is -1.52. The maximum absolute atomic E-state index is 10.7. The van der Waals surface area contributed by atoms with E-state index in [-0.39, 0.29) is 5.97 Å². The molecule has 5 nitrogen and oxygen atoms in total. The van der Waals surface area contributed by atoms with E-state index in [1.54, 1.807) is 18.7 Å². The zero-order valence-corrected chi connectivity index (χ0v) is 8.18. The molecule has 5 heteroatoms. The molecule has 0 aliphatic rings. The van der Waals surface area contributed by atoms with Crippen LogP contribution in [0.5, 0.6) is 0 Å². The highest BCUT2D eigenvalue weighted by Gasteiger charge is 1.99. The van der Waals surface area contributed by atoms with Gasteiger partial charge in [0.2, 0.25) is 0 Å². The summed E-state index contributed by atoms with van der Waals surface area (Å²) in [5.74, 6) is -0.173. The Kier molecular flexibility index (Phi) is 4.54. The molecule has 0 radical (unpaired) electrons. The highest BCUT2D eigenvalue weighted by atomic mass is 16.7. The van der Waals surface area contributed by atoms with Crippen LogP contribution in [0.15, 0.2) is 18.7 Å². The van der Waals surface area contributed by atoms with Gasteiger partial charge in [-0.2, -0.15) is 4.73 Å². The summed E-state index contributed by atoms with van der Waals surface area (Å²) in [7, 11) is 1.39.